The fourth-order valence-electron chi connectivity index (χ4n) is 3.86. The highest BCUT2D eigenvalue weighted by Gasteiger charge is 2.30. The summed E-state index contributed by atoms with van der Waals surface area (Å²) in [6.45, 7) is 0. The quantitative estimate of drug-likeness (QED) is 0.284. The van der Waals surface area contributed by atoms with Gasteiger partial charge in [0.1, 0.15) is 17.1 Å². The Kier molecular flexibility index (Phi) is 6.00. The lowest BCUT2D eigenvalue weighted by Gasteiger charge is -2.12. The highest BCUT2D eigenvalue weighted by atomic mass is 32.2. The predicted molar refractivity (Wildman–Crippen MR) is 132 cm³/mol. The molecule has 4 aromatic rings. The lowest BCUT2D eigenvalue weighted by atomic mass is 10.2. The number of para-hydroxylation sites is 1. The Bertz CT molecular complexity index is 1520. The molecule has 0 aliphatic heterocycles. The van der Waals surface area contributed by atoms with Crippen LogP contribution in [0.4, 0.5) is 5.82 Å². The van der Waals surface area contributed by atoms with Crippen LogP contribution >= 0.6 is 11.8 Å². The summed E-state index contributed by atoms with van der Waals surface area (Å²) in [5.41, 5.74) is 6.11. The van der Waals surface area contributed by atoms with Crippen molar-refractivity contribution in [2.75, 3.05) is 18.6 Å². The number of Topliss-reactive ketones (excluding diaryl/α,β-unsaturated/α-hetero) is 1. The summed E-state index contributed by atoms with van der Waals surface area (Å²) in [4.78, 5) is 39.9. The number of carbonyl (C=O) groups excluding carboxylic acids is 1. The van der Waals surface area contributed by atoms with E-state index >= 15 is 0 Å². The molecule has 10 nitrogen and oxygen atoms in total. The van der Waals surface area contributed by atoms with Crippen molar-refractivity contribution in [3.8, 4) is 22.8 Å². The number of H-pyrrole nitrogens is 1. The Morgan fingerprint density at radius 2 is 1.91 bits per heavy atom. The molecule has 1 aliphatic carbocycles. The van der Waals surface area contributed by atoms with E-state index in [2.05, 4.69) is 15.2 Å². The van der Waals surface area contributed by atoms with Gasteiger partial charge in [-0.1, -0.05) is 42.1 Å². The zero-order valence-corrected chi connectivity index (χ0v) is 19.6. The zero-order chi connectivity index (χ0) is 24.5. The number of aromatic nitrogens is 5. The average molecular weight is 491 g/mol. The molecule has 0 bridgehead atoms. The summed E-state index contributed by atoms with van der Waals surface area (Å²) in [5.74, 6) is 0.556. The first-order valence-electron chi connectivity index (χ1n) is 10.9. The normalized spacial score (nSPS) is 13.1. The van der Waals surface area contributed by atoms with Gasteiger partial charge in [0.15, 0.2) is 16.8 Å². The van der Waals surface area contributed by atoms with Crippen molar-refractivity contribution < 1.29 is 9.53 Å². The molecular formula is C24H22N6O4S. The molecule has 35 heavy (non-hydrogen) atoms. The van der Waals surface area contributed by atoms with E-state index in [1.807, 2.05) is 59.2 Å². The average Bonchev–Trinajstić information content (AvgIpc) is 3.60. The van der Waals surface area contributed by atoms with Gasteiger partial charge < -0.3 is 10.5 Å². The third-order valence-corrected chi connectivity index (χ3v) is 6.61. The van der Waals surface area contributed by atoms with Crippen molar-refractivity contribution in [2.24, 2.45) is 0 Å². The van der Waals surface area contributed by atoms with Gasteiger partial charge in [0, 0.05) is 17.3 Å². The van der Waals surface area contributed by atoms with Crippen molar-refractivity contribution in [1.29, 1.82) is 0 Å². The van der Waals surface area contributed by atoms with E-state index in [1.165, 1.54) is 4.57 Å². The Morgan fingerprint density at radius 3 is 2.63 bits per heavy atom. The maximum Gasteiger partial charge on any atom is 0.330 e. The van der Waals surface area contributed by atoms with Crippen molar-refractivity contribution in [1.82, 2.24) is 24.3 Å². The van der Waals surface area contributed by atoms with Crippen LogP contribution in [0.1, 0.15) is 29.2 Å². The number of methoxy groups -OCH3 is 1. The molecule has 0 radical (unpaired) electrons. The highest BCUT2D eigenvalue weighted by molar-refractivity contribution is 7.99. The van der Waals surface area contributed by atoms with Crippen LogP contribution in [-0.4, -0.2) is 43.0 Å². The molecule has 1 fully saturated rings. The molecule has 178 valence electrons. The molecule has 0 amide bonds. The summed E-state index contributed by atoms with van der Waals surface area (Å²) in [6, 6.07) is 16.9. The van der Waals surface area contributed by atoms with E-state index in [0.717, 1.165) is 35.9 Å². The number of rotatable bonds is 8. The Morgan fingerprint density at radius 1 is 1.14 bits per heavy atom. The lowest BCUT2D eigenvalue weighted by Crippen LogP contribution is -2.36. The summed E-state index contributed by atoms with van der Waals surface area (Å²) in [6.07, 6.45) is 1.57. The van der Waals surface area contributed by atoms with Crippen molar-refractivity contribution in [3.05, 3.63) is 81.0 Å². The molecule has 0 unspecified atom stereocenters. The van der Waals surface area contributed by atoms with Crippen LogP contribution in [0.5, 0.6) is 5.75 Å². The molecule has 5 rings (SSSR count). The van der Waals surface area contributed by atoms with Crippen LogP contribution in [0.25, 0.3) is 17.1 Å². The summed E-state index contributed by atoms with van der Waals surface area (Å²) in [5, 5.41) is 9.15. The molecule has 0 saturated heterocycles. The lowest BCUT2D eigenvalue weighted by molar-refractivity contribution is 0.102. The van der Waals surface area contributed by atoms with Crippen LogP contribution in [0, 0.1) is 0 Å². The fraction of sp³-hybridized carbons (Fsp3) is 0.208. The van der Waals surface area contributed by atoms with Crippen LogP contribution in [0.3, 0.4) is 0 Å². The van der Waals surface area contributed by atoms with Gasteiger partial charge in [0.25, 0.3) is 5.56 Å². The van der Waals surface area contributed by atoms with E-state index in [0.29, 0.717) is 16.7 Å². The molecule has 2 aromatic heterocycles. The Balaban J connectivity index is 1.49. The summed E-state index contributed by atoms with van der Waals surface area (Å²) >= 11 is 1.13. The first-order chi connectivity index (χ1) is 17.0. The summed E-state index contributed by atoms with van der Waals surface area (Å²) < 4.78 is 8.48. The Hall–Kier alpha value is -4.12. The number of hydrogen-bond acceptors (Lipinski definition) is 8. The molecule has 1 saturated carbocycles. The molecular weight excluding hydrogens is 468 g/mol. The number of benzene rings is 2. The molecule has 1 aliphatic rings. The number of anilines is 1. The zero-order valence-electron chi connectivity index (χ0n) is 18.8. The van der Waals surface area contributed by atoms with Gasteiger partial charge in [-0.3, -0.25) is 23.7 Å². The van der Waals surface area contributed by atoms with E-state index < -0.39 is 17.0 Å². The van der Waals surface area contributed by atoms with Gasteiger partial charge in [-0.2, -0.15) is 0 Å². The third kappa shape index (κ3) is 4.37. The van der Waals surface area contributed by atoms with Gasteiger partial charge in [-0.15, -0.1) is 10.2 Å². The molecule has 2 aromatic carbocycles. The molecule has 2 heterocycles. The highest BCUT2D eigenvalue weighted by Crippen LogP contribution is 2.35. The van der Waals surface area contributed by atoms with Crippen LogP contribution in [0.2, 0.25) is 0 Å². The van der Waals surface area contributed by atoms with E-state index in [-0.39, 0.29) is 23.2 Å². The summed E-state index contributed by atoms with van der Waals surface area (Å²) in [7, 11) is 1.59. The SMILES string of the molecule is COc1cccc(-c2nnc(SCC(=O)c3c(N)n(C4CC4)c(=O)[nH]c3=O)n2-c2ccccc2)c1. The minimum absolute atomic E-state index is 0.0786. The number of ether oxygens (including phenoxy) is 1. The maximum atomic E-state index is 13.1. The van der Waals surface area contributed by atoms with Gasteiger partial charge in [0.2, 0.25) is 0 Å². The number of nitrogens with one attached hydrogen (secondary N) is 1. The van der Waals surface area contributed by atoms with Crippen molar-refractivity contribution in [2.45, 2.75) is 24.0 Å². The molecule has 0 atom stereocenters. The van der Waals surface area contributed by atoms with Crippen molar-refractivity contribution in [3.63, 3.8) is 0 Å². The Labute approximate surface area is 203 Å². The van der Waals surface area contributed by atoms with Crippen LogP contribution < -0.4 is 21.7 Å². The number of nitrogen functional groups attached to an aromatic ring is 1. The minimum atomic E-state index is -0.781. The van der Waals surface area contributed by atoms with E-state index in [9.17, 15) is 14.4 Å². The van der Waals surface area contributed by atoms with Crippen LogP contribution in [-0.2, 0) is 0 Å². The number of hydrogen-bond donors (Lipinski definition) is 2. The number of thioether (sulfide) groups is 1. The number of ketones is 1. The smallest absolute Gasteiger partial charge is 0.330 e. The van der Waals surface area contributed by atoms with E-state index in [1.54, 1.807) is 7.11 Å². The first-order valence-corrected chi connectivity index (χ1v) is 11.9. The van der Waals surface area contributed by atoms with Gasteiger partial charge in [-0.25, -0.2) is 4.79 Å². The van der Waals surface area contributed by atoms with Crippen molar-refractivity contribution >= 4 is 23.4 Å². The maximum absolute atomic E-state index is 13.1. The van der Waals surface area contributed by atoms with Gasteiger partial charge in [-0.05, 0) is 37.1 Å². The molecule has 3 N–H and O–H groups in total. The minimum Gasteiger partial charge on any atom is -0.497 e. The number of aromatic amines is 1. The number of nitrogens with zero attached hydrogens (tertiary/aromatic N) is 4. The standard InChI is InChI=1S/C24H22N6O4S/c1-34-17-9-5-6-14(12-17)21-27-28-24(30(21)15-7-3-2-4-8-15)35-13-18(31)19-20(25)29(16-10-11-16)23(33)26-22(19)32/h2-9,12,16H,10-11,13,25H2,1H3,(H,26,32,33). The molecule has 11 heteroatoms. The monoisotopic (exact) mass is 490 g/mol. The third-order valence-electron chi connectivity index (χ3n) is 5.68. The molecule has 0 spiro atoms. The first kappa shape index (κ1) is 22.7. The fourth-order valence-corrected chi connectivity index (χ4v) is 4.68. The van der Waals surface area contributed by atoms with Gasteiger partial charge in [0.05, 0.1) is 12.9 Å². The number of carbonyl (C=O) groups is 1. The second kappa shape index (κ2) is 9.26. The second-order valence-corrected chi connectivity index (χ2v) is 8.98. The van der Waals surface area contributed by atoms with Crippen LogP contribution in [0.15, 0.2) is 69.3 Å². The van der Waals surface area contributed by atoms with Gasteiger partial charge >= 0.3 is 5.69 Å². The number of nitrogens with two attached hydrogens (primary N) is 1. The predicted octanol–water partition coefficient (Wildman–Crippen LogP) is 2.69. The topological polar surface area (TPSA) is 138 Å². The largest absolute Gasteiger partial charge is 0.497 e. The van der Waals surface area contributed by atoms with E-state index in [4.69, 9.17) is 10.5 Å². The second-order valence-electron chi connectivity index (χ2n) is 8.04.